The molecule has 0 spiro atoms. The van der Waals surface area contributed by atoms with Gasteiger partial charge >= 0.3 is 0 Å². The van der Waals surface area contributed by atoms with Crippen molar-refractivity contribution in [2.75, 3.05) is 26.3 Å². The molecule has 2 rings (SSSR count). The number of hydrogen-bond acceptors (Lipinski definition) is 4. The molecule has 2 saturated heterocycles. The lowest BCUT2D eigenvalue weighted by molar-refractivity contribution is -0.157. The van der Waals surface area contributed by atoms with Gasteiger partial charge in [0.25, 0.3) is 0 Å². The summed E-state index contributed by atoms with van der Waals surface area (Å²) in [7, 11) is 0. The van der Waals surface area contributed by atoms with Crippen molar-refractivity contribution in [1.29, 1.82) is 0 Å². The van der Waals surface area contributed by atoms with E-state index >= 15 is 0 Å². The molecule has 0 aromatic heterocycles. The summed E-state index contributed by atoms with van der Waals surface area (Å²) in [6, 6.07) is 0.162. The van der Waals surface area contributed by atoms with Crippen LogP contribution < -0.4 is 0 Å². The third-order valence-corrected chi connectivity index (χ3v) is 4.87. The number of ether oxygens (including phenoxy) is 2. The summed E-state index contributed by atoms with van der Waals surface area (Å²) < 4.78 is 11.3. The number of piperidine rings is 1. The molecule has 23 heavy (non-hydrogen) atoms. The molecule has 0 aromatic carbocycles. The fraction of sp³-hybridized carbons (Fsp3) is 0.882. The van der Waals surface area contributed by atoms with Crippen molar-refractivity contribution in [1.82, 2.24) is 9.80 Å². The first-order chi connectivity index (χ1) is 11.1. The predicted octanol–water partition coefficient (Wildman–Crippen LogP) is 1.78. The number of carbonyl (C=O) groups is 2. The number of rotatable bonds is 6. The highest BCUT2D eigenvalue weighted by atomic mass is 16.7. The van der Waals surface area contributed by atoms with Crippen LogP contribution in [0.3, 0.4) is 0 Å². The molecule has 2 fully saturated rings. The van der Waals surface area contributed by atoms with E-state index in [-0.39, 0.29) is 43.0 Å². The summed E-state index contributed by atoms with van der Waals surface area (Å²) in [4.78, 5) is 28.5. The van der Waals surface area contributed by atoms with Crippen LogP contribution in [-0.4, -0.2) is 66.3 Å². The Labute approximate surface area is 139 Å². The minimum atomic E-state index is -0.305. The molecule has 0 N–H and O–H groups in total. The van der Waals surface area contributed by atoms with Crippen LogP contribution >= 0.6 is 0 Å². The van der Waals surface area contributed by atoms with Crippen molar-refractivity contribution in [2.45, 2.75) is 71.2 Å². The van der Waals surface area contributed by atoms with Crippen LogP contribution in [0.2, 0.25) is 0 Å². The molecular formula is C17H30N2O4. The maximum atomic E-state index is 12.7. The van der Waals surface area contributed by atoms with Crippen molar-refractivity contribution in [2.24, 2.45) is 0 Å². The van der Waals surface area contributed by atoms with Gasteiger partial charge in [-0.15, -0.1) is 0 Å². The fourth-order valence-corrected chi connectivity index (χ4v) is 3.60. The van der Waals surface area contributed by atoms with Crippen molar-refractivity contribution >= 4 is 11.8 Å². The van der Waals surface area contributed by atoms with Gasteiger partial charge in [0.15, 0.2) is 6.29 Å². The molecule has 0 unspecified atom stereocenters. The first-order valence-electron chi connectivity index (χ1n) is 8.90. The van der Waals surface area contributed by atoms with E-state index in [2.05, 4.69) is 6.92 Å². The second-order valence-electron chi connectivity index (χ2n) is 6.32. The monoisotopic (exact) mass is 326 g/mol. The Kier molecular flexibility index (Phi) is 6.84. The molecule has 132 valence electrons. The van der Waals surface area contributed by atoms with Gasteiger partial charge in [-0.25, -0.2) is 0 Å². The van der Waals surface area contributed by atoms with Crippen LogP contribution in [0.15, 0.2) is 0 Å². The van der Waals surface area contributed by atoms with Crippen molar-refractivity contribution in [3.63, 3.8) is 0 Å². The molecule has 0 saturated carbocycles. The third kappa shape index (κ3) is 4.44. The topological polar surface area (TPSA) is 59.1 Å². The van der Waals surface area contributed by atoms with Crippen LogP contribution in [0.25, 0.3) is 0 Å². The highest BCUT2D eigenvalue weighted by Crippen LogP contribution is 2.29. The first-order valence-corrected chi connectivity index (χ1v) is 8.90. The summed E-state index contributed by atoms with van der Waals surface area (Å²) in [5, 5.41) is 0. The Bertz CT molecular complexity index is 405. The van der Waals surface area contributed by atoms with Crippen molar-refractivity contribution in [3.8, 4) is 0 Å². The van der Waals surface area contributed by atoms with Gasteiger partial charge in [0, 0.05) is 32.0 Å². The van der Waals surface area contributed by atoms with Gasteiger partial charge in [-0.2, -0.15) is 0 Å². The number of likely N-dealkylation sites (tertiary alicyclic amines) is 1. The molecule has 0 bridgehead atoms. The lowest BCUT2D eigenvalue weighted by Gasteiger charge is -2.42. The summed E-state index contributed by atoms with van der Waals surface area (Å²) in [5.74, 6) is 0.0970. The number of nitrogens with zero attached hydrogens (tertiary/aromatic N) is 2. The minimum Gasteiger partial charge on any atom is -0.348 e. The molecule has 0 aliphatic carbocycles. The maximum Gasteiger partial charge on any atom is 0.223 e. The van der Waals surface area contributed by atoms with Crippen molar-refractivity contribution < 1.29 is 19.1 Å². The van der Waals surface area contributed by atoms with E-state index in [9.17, 15) is 9.59 Å². The number of amides is 2. The standard InChI is InChI=1S/C17H30N2O4/c1-4-18(5-2)15(20)9-10-16(21)19-13(3)7-6-8-14(19)17-22-11-12-23-17/h13-14,17H,4-12H2,1-3H3/t13-,14-/m0/s1. The Morgan fingerprint density at radius 3 is 2.35 bits per heavy atom. The highest BCUT2D eigenvalue weighted by molar-refractivity contribution is 5.84. The maximum absolute atomic E-state index is 12.7. The van der Waals surface area contributed by atoms with Crippen LogP contribution in [0.5, 0.6) is 0 Å². The summed E-state index contributed by atoms with van der Waals surface area (Å²) in [6.45, 7) is 8.56. The smallest absolute Gasteiger partial charge is 0.223 e. The van der Waals surface area contributed by atoms with E-state index in [1.54, 1.807) is 4.90 Å². The second kappa shape index (κ2) is 8.64. The van der Waals surface area contributed by atoms with Crippen LogP contribution in [0.1, 0.15) is 52.9 Å². The average Bonchev–Trinajstić information content (AvgIpc) is 3.07. The van der Waals surface area contributed by atoms with E-state index in [1.807, 2.05) is 18.7 Å². The van der Waals surface area contributed by atoms with Gasteiger partial charge in [-0.05, 0) is 40.0 Å². The molecular weight excluding hydrogens is 296 g/mol. The number of carbonyl (C=O) groups excluding carboxylic acids is 2. The molecule has 2 aliphatic rings. The van der Waals surface area contributed by atoms with E-state index in [0.717, 1.165) is 19.3 Å². The van der Waals surface area contributed by atoms with Gasteiger partial charge in [0.2, 0.25) is 11.8 Å². The SMILES string of the molecule is CCN(CC)C(=O)CCC(=O)N1[C@@H](C)CCC[C@H]1C1OCCO1. The van der Waals surface area contributed by atoms with E-state index in [4.69, 9.17) is 9.47 Å². The Morgan fingerprint density at radius 1 is 1.09 bits per heavy atom. The predicted molar refractivity (Wildman–Crippen MR) is 86.8 cm³/mol. The summed E-state index contributed by atoms with van der Waals surface area (Å²) in [5.41, 5.74) is 0. The summed E-state index contributed by atoms with van der Waals surface area (Å²) in [6.07, 6.45) is 3.23. The van der Waals surface area contributed by atoms with E-state index < -0.39 is 0 Å². The molecule has 6 heteroatoms. The normalized spacial score (nSPS) is 25.6. The minimum absolute atomic E-state index is 0.0164. The largest absolute Gasteiger partial charge is 0.348 e. The average molecular weight is 326 g/mol. The van der Waals surface area contributed by atoms with Gasteiger partial charge in [0.1, 0.15) is 0 Å². The lowest BCUT2D eigenvalue weighted by Crippen LogP contribution is -2.54. The molecule has 6 nitrogen and oxygen atoms in total. The lowest BCUT2D eigenvalue weighted by atomic mass is 9.95. The molecule has 2 amide bonds. The van der Waals surface area contributed by atoms with Crippen LogP contribution in [0.4, 0.5) is 0 Å². The van der Waals surface area contributed by atoms with E-state index in [1.165, 1.54) is 0 Å². The van der Waals surface area contributed by atoms with E-state index in [0.29, 0.717) is 26.3 Å². The van der Waals surface area contributed by atoms with Gasteiger partial charge < -0.3 is 19.3 Å². The van der Waals surface area contributed by atoms with Gasteiger partial charge in [0.05, 0.1) is 19.3 Å². The van der Waals surface area contributed by atoms with Gasteiger partial charge in [-0.1, -0.05) is 0 Å². The van der Waals surface area contributed by atoms with Crippen LogP contribution in [-0.2, 0) is 19.1 Å². The Morgan fingerprint density at radius 2 is 1.74 bits per heavy atom. The highest BCUT2D eigenvalue weighted by Gasteiger charge is 2.39. The molecule has 2 atom stereocenters. The van der Waals surface area contributed by atoms with Crippen LogP contribution in [0, 0.1) is 0 Å². The zero-order valence-electron chi connectivity index (χ0n) is 14.6. The Balaban J connectivity index is 1.95. The second-order valence-corrected chi connectivity index (χ2v) is 6.32. The van der Waals surface area contributed by atoms with Gasteiger partial charge in [-0.3, -0.25) is 9.59 Å². The fourth-order valence-electron chi connectivity index (χ4n) is 3.60. The summed E-state index contributed by atoms with van der Waals surface area (Å²) >= 11 is 0. The Hall–Kier alpha value is -1.14. The third-order valence-electron chi connectivity index (χ3n) is 4.87. The quantitative estimate of drug-likeness (QED) is 0.746. The molecule has 0 radical (unpaired) electrons. The molecule has 2 aliphatic heterocycles. The first kappa shape index (κ1) is 18.2. The molecule has 2 heterocycles. The molecule has 0 aromatic rings. The zero-order chi connectivity index (χ0) is 16.8. The zero-order valence-corrected chi connectivity index (χ0v) is 14.6. The van der Waals surface area contributed by atoms with Crippen molar-refractivity contribution in [3.05, 3.63) is 0 Å². The number of hydrogen-bond donors (Lipinski definition) is 0.